The standard InChI is InChI=1S/C15H22F3N3OS/c1-11-7-20-13(23-11)12-8-21(10-15(16,17)18)9-14(22-12)3-2-5-19-6-4-14/h7,12,19H,2-6,8-10H2,1H3. The van der Waals surface area contributed by atoms with Crippen molar-refractivity contribution in [2.24, 2.45) is 0 Å². The van der Waals surface area contributed by atoms with Crippen LogP contribution in [-0.4, -0.2) is 54.4 Å². The molecule has 2 saturated heterocycles. The summed E-state index contributed by atoms with van der Waals surface area (Å²) in [5, 5.41) is 4.09. The highest BCUT2D eigenvalue weighted by molar-refractivity contribution is 7.11. The summed E-state index contributed by atoms with van der Waals surface area (Å²) >= 11 is 1.51. The molecule has 1 aromatic rings. The predicted octanol–water partition coefficient (Wildman–Crippen LogP) is 2.90. The number of nitrogens with zero attached hydrogens (tertiary/aromatic N) is 2. The summed E-state index contributed by atoms with van der Waals surface area (Å²) in [5.74, 6) is 0. The minimum Gasteiger partial charge on any atom is -0.362 e. The van der Waals surface area contributed by atoms with E-state index in [0.717, 1.165) is 42.2 Å². The lowest BCUT2D eigenvalue weighted by molar-refractivity contribution is -0.199. The molecular weight excluding hydrogens is 327 g/mol. The zero-order valence-corrected chi connectivity index (χ0v) is 14.0. The minimum absolute atomic E-state index is 0.252. The van der Waals surface area contributed by atoms with Crippen LogP contribution in [0.3, 0.4) is 0 Å². The molecule has 0 radical (unpaired) electrons. The van der Waals surface area contributed by atoms with E-state index in [1.165, 1.54) is 16.2 Å². The molecule has 1 N–H and O–H groups in total. The molecule has 23 heavy (non-hydrogen) atoms. The second kappa shape index (κ2) is 6.66. The average molecular weight is 349 g/mol. The lowest BCUT2D eigenvalue weighted by Gasteiger charge is -2.46. The third-order valence-corrected chi connectivity index (χ3v) is 5.39. The summed E-state index contributed by atoms with van der Waals surface area (Å²) < 4.78 is 45.0. The third-order valence-electron chi connectivity index (χ3n) is 4.39. The number of alkyl halides is 3. The van der Waals surface area contributed by atoms with E-state index >= 15 is 0 Å². The van der Waals surface area contributed by atoms with Gasteiger partial charge in [-0.05, 0) is 39.3 Å². The van der Waals surface area contributed by atoms with Gasteiger partial charge in [-0.3, -0.25) is 4.90 Å². The van der Waals surface area contributed by atoms with E-state index in [-0.39, 0.29) is 12.6 Å². The Morgan fingerprint density at radius 3 is 2.96 bits per heavy atom. The van der Waals surface area contributed by atoms with Crippen LogP contribution in [0.2, 0.25) is 0 Å². The highest BCUT2D eigenvalue weighted by atomic mass is 32.1. The monoisotopic (exact) mass is 349 g/mol. The van der Waals surface area contributed by atoms with E-state index in [4.69, 9.17) is 4.74 Å². The molecule has 8 heteroatoms. The first-order valence-electron chi connectivity index (χ1n) is 7.95. The molecule has 0 saturated carbocycles. The Morgan fingerprint density at radius 2 is 2.26 bits per heavy atom. The Hall–Kier alpha value is -0.700. The molecule has 3 heterocycles. The van der Waals surface area contributed by atoms with Crippen LogP contribution in [0.4, 0.5) is 13.2 Å². The van der Waals surface area contributed by atoms with Crippen molar-refractivity contribution >= 4 is 11.3 Å². The summed E-state index contributed by atoms with van der Waals surface area (Å²) in [6.07, 6.45) is -0.359. The van der Waals surface area contributed by atoms with Crippen molar-refractivity contribution in [3.63, 3.8) is 0 Å². The number of hydrogen-bond acceptors (Lipinski definition) is 5. The van der Waals surface area contributed by atoms with Crippen LogP contribution >= 0.6 is 11.3 Å². The van der Waals surface area contributed by atoms with Gasteiger partial charge in [-0.15, -0.1) is 11.3 Å². The molecule has 3 rings (SSSR count). The van der Waals surface area contributed by atoms with Crippen molar-refractivity contribution in [1.82, 2.24) is 15.2 Å². The number of rotatable bonds is 2. The van der Waals surface area contributed by atoms with Crippen molar-refractivity contribution in [2.45, 2.75) is 44.1 Å². The van der Waals surface area contributed by atoms with Crippen LogP contribution < -0.4 is 5.32 Å². The number of nitrogens with one attached hydrogen (secondary N) is 1. The largest absolute Gasteiger partial charge is 0.401 e. The Morgan fingerprint density at radius 1 is 1.43 bits per heavy atom. The van der Waals surface area contributed by atoms with E-state index in [1.54, 1.807) is 6.20 Å². The van der Waals surface area contributed by atoms with Crippen LogP contribution in [0.5, 0.6) is 0 Å². The van der Waals surface area contributed by atoms with Gasteiger partial charge in [0.15, 0.2) is 0 Å². The summed E-state index contributed by atoms with van der Waals surface area (Å²) in [4.78, 5) is 6.89. The van der Waals surface area contributed by atoms with Gasteiger partial charge in [0, 0.05) is 24.2 Å². The number of ether oxygens (including phenoxy) is 1. The third kappa shape index (κ3) is 4.43. The molecule has 130 valence electrons. The number of morpholine rings is 1. The molecule has 2 aliphatic rings. The normalized spacial score (nSPS) is 30.5. The summed E-state index contributed by atoms with van der Waals surface area (Å²) in [5.41, 5.74) is -0.503. The molecule has 2 atom stereocenters. The second-order valence-corrected chi connectivity index (χ2v) is 7.75. The van der Waals surface area contributed by atoms with E-state index in [2.05, 4.69) is 10.3 Å². The Labute approximate surface area is 138 Å². The van der Waals surface area contributed by atoms with Crippen molar-refractivity contribution in [2.75, 3.05) is 32.7 Å². The average Bonchev–Trinajstić information content (AvgIpc) is 2.75. The van der Waals surface area contributed by atoms with Crippen LogP contribution in [0, 0.1) is 6.92 Å². The van der Waals surface area contributed by atoms with Gasteiger partial charge in [-0.25, -0.2) is 4.98 Å². The summed E-state index contributed by atoms with van der Waals surface area (Å²) in [7, 11) is 0. The van der Waals surface area contributed by atoms with Crippen LogP contribution in [-0.2, 0) is 4.74 Å². The first kappa shape index (κ1) is 17.1. The van der Waals surface area contributed by atoms with E-state index in [0.29, 0.717) is 6.54 Å². The zero-order valence-electron chi connectivity index (χ0n) is 13.2. The quantitative estimate of drug-likeness (QED) is 0.891. The molecule has 1 aromatic heterocycles. The number of halogens is 3. The fraction of sp³-hybridized carbons (Fsp3) is 0.800. The number of thiazole rings is 1. The molecule has 0 bridgehead atoms. The number of hydrogen-bond donors (Lipinski definition) is 1. The fourth-order valence-electron chi connectivity index (χ4n) is 3.48. The van der Waals surface area contributed by atoms with Crippen LogP contribution in [0.25, 0.3) is 0 Å². The molecule has 0 amide bonds. The topological polar surface area (TPSA) is 37.4 Å². The molecule has 0 aliphatic carbocycles. The molecule has 2 unspecified atom stereocenters. The lowest BCUT2D eigenvalue weighted by Crippen LogP contribution is -2.55. The van der Waals surface area contributed by atoms with E-state index < -0.39 is 18.3 Å². The predicted molar refractivity (Wildman–Crippen MR) is 82.6 cm³/mol. The molecular formula is C15H22F3N3OS. The van der Waals surface area contributed by atoms with Gasteiger partial charge < -0.3 is 10.1 Å². The maximum Gasteiger partial charge on any atom is 0.401 e. The lowest BCUT2D eigenvalue weighted by atomic mass is 9.91. The summed E-state index contributed by atoms with van der Waals surface area (Å²) in [6, 6.07) is 0. The van der Waals surface area contributed by atoms with E-state index in [9.17, 15) is 13.2 Å². The van der Waals surface area contributed by atoms with Gasteiger partial charge in [-0.1, -0.05) is 0 Å². The molecule has 2 fully saturated rings. The van der Waals surface area contributed by atoms with Crippen LogP contribution in [0.15, 0.2) is 6.20 Å². The van der Waals surface area contributed by atoms with Crippen molar-refractivity contribution in [3.05, 3.63) is 16.1 Å². The Balaban J connectivity index is 1.82. The number of aryl methyl sites for hydroxylation is 1. The molecule has 4 nitrogen and oxygen atoms in total. The van der Waals surface area contributed by atoms with Crippen molar-refractivity contribution in [3.8, 4) is 0 Å². The van der Waals surface area contributed by atoms with Crippen LogP contribution in [0.1, 0.15) is 35.3 Å². The van der Waals surface area contributed by atoms with E-state index in [1.807, 2.05) is 6.92 Å². The first-order chi connectivity index (χ1) is 10.9. The minimum atomic E-state index is -4.19. The second-order valence-electron chi connectivity index (χ2n) is 6.49. The molecule has 1 spiro atoms. The van der Waals surface area contributed by atoms with Gasteiger partial charge in [0.1, 0.15) is 11.1 Å². The molecule has 0 aromatic carbocycles. The Kier molecular flexibility index (Phi) is 4.96. The van der Waals surface area contributed by atoms with Crippen molar-refractivity contribution in [1.29, 1.82) is 0 Å². The highest BCUT2D eigenvalue weighted by Crippen LogP contribution is 2.38. The Bertz CT molecular complexity index is 526. The maximum atomic E-state index is 12.9. The zero-order chi connectivity index (χ0) is 16.5. The first-order valence-corrected chi connectivity index (χ1v) is 8.77. The number of aromatic nitrogens is 1. The van der Waals surface area contributed by atoms with Crippen molar-refractivity contribution < 1.29 is 17.9 Å². The van der Waals surface area contributed by atoms with Gasteiger partial charge in [0.05, 0.1) is 12.1 Å². The fourth-order valence-corrected chi connectivity index (χ4v) is 4.28. The smallest absolute Gasteiger partial charge is 0.362 e. The van der Waals surface area contributed by atoms with Gasteiger partial charge >= 0.3 is 6.18 Å². The van der Waals surface area contributed by atoms with Gasteiger partial charge in [-0.2, -0.15) is 13.2 Å². The SMILES string of the molecule is Cc1cnc(C2CN(CC(F)(F)F)CC3(CCCNCC3)O2)s1. The maximum absolute atomic E-state index is 12.9. The van der Waals surface area contributed by atoms with Gasteiger partial charge in [0.25, 0.3) is 0 Å². The molecule has 2 aliphatic heterocycles. The van der Waals surface area contributed by atoms with Gasteiger partial charge in [0.2, 0.25) is 0 Å². The highest BCUT2D eigenvalue weighted by Gasteiger charge is 2.44. The summed E-state index contributed by atoms with van der Waals surface area (Å²) in [6.45, 7) is 3.33.